The first-order valence-electron chi connectivity index (χ1n) is 7.66. The Hall–Kier alpha value is -2.89. The van der Waals surface area contributed by atoms with E-state index in [9.17, 15) is 9.18 Å². The van der Waals surface area contributed by atoms with Gasteiger partial charge in [-0.15, -0.1) is 0 Å². The lowest BCUT2D eigenvalue weighted by molar-refractivity contribution is -0.118. The van der Waals surface area contributed by atoms with Crippen molar-refractivity contribution >= 4 is 22.7 Å². The maximum absolute atomic E-state index is 13.1. The molecule has 0 spiro atoms. The summed E-state index contributed by atoms with van der Waals surface area (Å²) in [4.78, 5) is 16.2. The quantitative estimate of drug-likeness (QED) is 0.748. The first kappa shape index (κ1) is 16.0. The Morgan fingerprint density at radius 3 is 2.54 bits per heavy atom. The third-order valence-corrected chi connectivity index (χ3v) is 3.70. The van der Waals surface area contributed by atoms with Crippen molar-refractivity contribution in [3.63, 3.8) is 0 Å². The van der Waals surface area contributed by atoms with Crippen LogP contribution in [0.15, 0.2) is 46.9 Å². The van der Waals surface area contributed by atoms with Crippen molar-refractivity contribution in [2.24, 2.45) is 5.73 Å². The topological polar surface area (TPSA) is 81.1 Å². The molecule has 0 aliphatic carbocycles. The van der Waals surface area contributed by atoms with E-state index < -0.39 is 11.9 Å². The van der Waals surface area contributed by atoms with E-state index in [1.54, 1.807) is 18.2 Å². The number of halogens is 1. The molecule has 24 heavy (non-hydrogen) atoms. The van der Waals surface area contributed by atoms with Gasteiger partial charge in [-0.2, -0.15) is 0 Å². The molecule has 5 nitrogen and oxygen atoms in total. The number of hydrogen-bond acceptors (Lipinski definition) is 4. The van der Waals surface area contributed by atoms with Gasteiger partial charge in [0.1, 0.15) is 17.4 Å². The molecule has 124 valence electrons. The number of benzene rings is 2. The van der Waals surface area contributed by atoms with Gasteiger partial charge in [0, 0.05) is 11.6 Å². The van der Waals surface area contributed by atoms with Gasteiger partial charge in [-0.05, 0) is 35.9 Å². The Morgan fingerprint density at radius 1 is 1.21 bits per heavy atom. The minimum atomic E-state index is -0.764. The predicted octanol–water partition coefficient (Wildman–Crippen LogP) is 3.73. The van der Waals surface area contributed by atoms with Crippen molar-refractivity contribution in [1.82, 2.24) is 4.98 Å². The van der Waals surface area contributed by atoms with E-state index in [-0.39, 0.29) is 11.7 Å². The maximum atomic E-state index is 13.1. The van der Waals surface area contributed by atoms with Gasteiger partial charge in [-0.25, -0.2) is 9.37 Å². The van der Waals surface area contributed by atoms with Crippen LogP contribution in [-0.2, 0) is 4.79 Å². The van der Waals surface area contributed by atoms with Crippen LogP contribution in [0.2, 0.25) is 0 Å². The van der Waals surface area contributed by atoms with Gasteiger partial charge >= 0.3 is 0 Å². The summed E-state index contributed by atoms with van der Waals surface area (Å²) >= 11 is 0. The highest BCUT2D eigenvalue weighted by molar-refractivity contribution is 5.85. The fourth-order valence-corrected chi connectivity index (χ4v) is 2.42. The summed E-state index contributed by atoms with van der Waals surface area (Å²) in [6, 6.07) is 10.3. The van der Waals surface area contributed by atoms with Gasteiger partial charge in [0.15, 0.2) is 11.5 Å². The summed E-state index contributed by atoms with van der Waals surface area (Å²) in [6.45, 7) is 4.00. The zero-order valence-corrected chi connectivity index (χ0v) is 13.4. The summed E-state index contributed by atoms with van der Waals surface area (Å²) in [7, 11) is 0. The van der Waals surface area contributed by atoms with Gasteiger partial charge < -0.3 is 15.5 Å². The molecule has 0 radical (unpaired) electrons. The molecule has 3 N–H and O–H groups in total. The number of anilines is 1. The van der Waals surface area contributed by atoms with Crippen LogP contribution in [-0.4, -0.2) is 10.9 Å². The van der Waals surface area contributed by atoms with Crippen molar-refractivity contribution < 1.29 is 13.6 Å². The molecule has 1 amide bonds. The van der Waals surface area contributed by atoms with Crippen molar-refractivity contribution in [2.75, 3.05) is 5.32 Å². The van der Waals surface area contributed by atoms with Gasteiger partial charge in [-0.1, -0.05) is 26.0 Å². The largest absolute Gasteiger partial charge is 0.440 e. The van der Waals surface area contributed by atoms with Crippen LogP contribution in [0.25, 0.3) is 11.1 Å². The molecule has 6 heteroatoms. The standard InChI is InChI=1S/C18H18FN3O2/c1-10(2)18-22-14-9-13(7-8-15(14)24-18)21-16(17(20)23)11-3-5-12(19)6-4-11/h3-10,16,21H,1-2H3,(H2,20,23)/t16-/m0/s1. The third-order valence-electron chi connectivity index (χ3n) is 3.70. The van der Waals surface area contributed by atoms with E-state index in [1.165, 1.54) is 24.3 Å². The van der Waals surface area contributed by atoms with Crippen LogP contribution < -0.4 is 11.1 Å². The molecule has 0 aliphatic heterocycles. The van der Waals surface area contributed by atoms with Crippen LogP contribution in [0.4, 0.5) is 10.1 Å². The molecule has 0 fully saturated rings. The molecule has 3 rings (SSSR count). The highest BCUT2D eigenvalue weighted by Crippen LogP contribution is 2.26. The number of primary amides is 1. The smallest absolute Gasteiger partial charge is 0.244 e. The summed E-state index contributed by atoms with van der Waals surface area (Å²) in [6.07, 6.45) is 0. The van der Waals surface area contributed by atoms with Crippen LogP contribution in [0.1, 0.15) is 37.3 Å². The molecule has 3 aromatic rings. The number of oxazole rings is 1. The first-order chi connectivity index (χ1) is 11.4. The molecular weight excluding hydrogens is 309 g/mol. The van der Waals surface area contributed by atoms with Crippen molar-refractivity contribution in [3.05, 3.63) is 59.7 Å². The van der Waals surface area contributed by atoms with Gasteiger partial charge in [0.2, 0.25) is 5.91 Å². The number of amides is 1. The summed E-state index contributed by atoms with van der Waals surface area (Å²) < 4.78 is 18.7. The zero-order valence-electron chi connectivity index (χ0n) is 13.4. The minimum Gasteiger partial charge on any atom is -0.440 e. The third kappa shape index (κ3) is 3.22. The number of carbonyl (C=O) groups is 1. The second-order valence-corrected chi connectivity index (χ2v) is 5.92. The fraction of sp³-hybridized carbons (Fsp3) is 0.222. The fourth-order valence-electron chi connectivity index (χ4n) is 2.42. The Morgan fingerprint density at radius 2 is 1.92 bits per heavy atom. The second-order valence-electron chi connectivity index (χ2n) is 5.92. The SMILES string of the molecule is CC(C)c1nc2cc(N[C@H](C(N)=O)c3ccc(F)cc3)ccc2o1. The Labute approximate surface area is 138 Å². The Kier molecular flexibility index (Phi) is 4.20. The molecule has 1 atom stereocenters. The van der Waals surface area contributed by atoms with E-state index in [0.717, 1.165) is 0 Å². The molecule has 1 heterocycles. The number of nitrogens with one attached hydrogen (secondary N) is 1. The first-order valence-corrected chi connectivity index (χ1v) is 7.66. The Bertz CT molecular complexity index is 872. The zero-order chi connectivity index (χ0) is 17.3. The van der Waals surface area contributed by atoms with Crippen molar-refractivity contribution in [3.8, 4) is 0 Å². The number of rotatable bonds is 5. The van der Waals surface area contributed by atoms with E-state index in [2.05, 4.69) is 10.3 Å². The number of nitrogens with two attached hydrogens (primary N) is 1. The molecule has 0 bridgehead atoms. The molecule has 0 aliphatic rings. The van der Waals surface area contributed by atoms with Gasteiger partial charge in [0.25, 0.3) is 0 Å². The number of nitrogens with zero attached hydrogens (tertiary/aromatic N) is 1. The number of fused-ring (bicyclic) bond motifs is 1. The second kappa shape index (κ2) is 6.31. The average molecular weight is 327 g/mol. The van der Waals surface area contributed by atoms with E-state index in [4.69, 9.17) is 10.2 Å². The van der Waals surface area contributed by atoms with Crippen LogP contribution in [0.5, 0.6) is 0 Å². The van der Waals surface area contributed by atoms with Gasteiger partial charge in [0.05, 0.1) is 0 Å². The molecule has 1 aromatic heterocycles. The van der Waals surface area contributed by atoms with Crippen LogP contribution >= 0.6 is 0 Å². The van der Waals surface area contributed by atoms with Crippen molar-refractivity contribution in [1.29, 1.82) is 0 Å². The summed E-state index contributed by atoms with van der Waals surface area (Å²) in [5.74, 6) is -0.0737. The Balaban J connectivity index is 1.90. The van der Waals surface area contributed by atoms with Crippen molar-refractivity contribution in [2.45, 2.75) is 25.8 Å². The van der Waals surface area contributed by atoms with E-state index >= 15 is 0 Å². The summed E-state index contributed by atoms with van der Waals surface area (Å²) in [5.41, 5.74) is 8.13. The number of carbonyl (C=O) groups excluding carboxylic acids is 1. The molecule has 0 unspecified atom stereocenters. The van der Waals surface area contributed by atoms with E-state index in [1.807, 2.05) is 13.8 Å². The average Bonchev–Trinajstić information content (AvgIpc) is 2.97. The molecule has 2 aromatic carbocycles. The lowest BCUT2D eigenvalue weighted by atomic mass is 10.1. The highest BCUT2D eigenvalue weighted by Gasteiger charge is 2.18. The normalized spacial score (nSPS) is 12.5. The minimum absolute atomic E-state index is 0.186. The maximum Gasteiger partial charge on any atom is 0.244 e. The molecule has 0 saturated carbocycles. The number of hydrogen-bond donors (Lipinski definition) is 2. The highest BCUT2D eigenvalue weighted by atomic mass is 19.1. The van der Waals surface area contributed by atoms with Crippen LogP contribution in [0.3, 0.4) is 0 Å². The lowest BCUT2D eigenvalue weighted by Gasteiger charge is -2.17. The van der Waals surface area contributed by atoms with Gasteiger partial charge in [-0.3, -0.25) is 4.79 Å². The number of aromatic nitrogens is 1. The van der Waals surface area contributed by atoms with E-state index in [0.29, 0.717) is 28.2 Å². The molecular formula is C18H18FN3O2. The predicted molar refractivity (Wildman–Crippen MR) is 90.1 cm³/mol. The lowest BCUT2D eigenvalue weighted by Crippen LogP contribution is -2.27. The van der Waals surface area contributed by atoms with Crippen LogP contribution in [0, 0.1) is 5.82 Å². The summed E-state index contributed by atoms with van der Waals surface area (Å²) in [5, 5.41) is 3.07. The molecule has 0 saturated heterocycles. The monoisotopic (exact) mass is 327 g/mol.